The summed E-state index contributed by atoms with van der Waals surface area (Å²) in [5, 5.41) is 4.98. The van der Waals surface area contributed by atoms with Crippen molar-refractivity contribution in [3.05, 3.63) is 29.8 Å². The van der Waals surface area contributed by atoms with Gasteiger partial charge in [-0.15, -0.1) is 0 Å². The van der Waals surface area contributed by atoms with Crippen LogP contribution in [-0.2, 0) is 14.3 Å². The largest absolute Gasteiger partial charge is 0.482 e. The first-order valence-corrected chi connectivity index (χ1v) is 8.90. The third kappa shape index (κ3) is 6.38. The lowest BCUT2D eigenvalue weighted by molar-refractivity contribution is -0.150. The molecule has 1 aliphatic rings. The molecule has 7 nitrogen and oxygen atoms in total. The van der Waals surface area contributed by atoms with E-state index < -0.39 is 24.5 Å². The van der Waals surface area contributed by atoms with Gasteiger partial charge in [0.15, 0.2) is 13.2 Å². The van der Waals surface area contributed by atoms with E-state index >= 15 is 0 Å². The van der Waals surface area contributed by atoms with Crippen LogP contribution in [0.1, 0.15) is 38.2 Å². The maximum absolute atomic E-state index is 11.9. The number of carbonyl (C=O) groups is 3. The number of rotatable bonds is 6. The smallest absolute Gasteiger partial charge is 0.344 e. The summed E-state index contributed by atoms with van der Waals surface area (Å²) < 4.78 is 10.2. The SMILES string of the molecule is Cc1ccccc1OCC(=O)OCC(=O)NC(=O)NC1CCCCC1C. The molecule has 0 aromatic heterocycles. The first-order valence-electron chi connectivity index (χ1n) is 8.90. The van der Waals surface area contributed by atoms with Crippen molar-refractivity contribution in [2.24, 2.45) is 5.92 Å². The Morgan fingerprint density at radius 3 is 2.58 bits per heavy atom. The Morgan fingerprint density at radius 1 is 1.12 bits per heavy atom. The molecule has 1 aromatic carbocycles. The summed E-state index contributed by atoms with van der Waals surface area (Å²) in [4.78, 5) is 35.2. The minimum atomic E-state index is -0.676. The van der Waals surface area contributed by atoms with Crippen molar-refractivity contribution >= 4 is 17.9 Å². The minimum Gasteiger partial charge on any atom is -0.482 e. The number of urea groups is 1. The lowest BCUT2D eigenvalue weighted by atomic mass is 9.86. The molecule has 1 saturated carbocycles. The van der Waals surface area contributed by atoms with Gasteiger partial charge in [-0.1, -0.05) is 38.0 Å². The van der Waals surface area contributed by atoms with Gasteiger partial charge in [0.05, 0.1) is 0 Å². The van der Waals surface area contributed by atoms with Crippen molar-refractivity contribution in [2.75, 3.05) is 13.2 Å². The van der Waals surface area contributed by atoms with Crippen molar-refractivity contribution in [1.82, 2.24) is 10.6 Å². The van der Waals surface area contributed by atoms with Crippen LogP contribution in [0.15, 0.2) is 24.3 Å². The fourth-order valence-corrected chi connectivity index (χ4v) is 2.94. The average Bonchev–Trinajstić information content (AvgIpc) is 2.61. The number of esters is 1. The molecule has 0 aliphatic heterocycles. The predicted octanol–water partition coefficient (Wildman–Crippen LogP) is 2.32. The third-order valence-electron chi connectivity index (χ3n) is 4.48. The molecule has 26 heavy (non-hydrogen) atoms. The first kappa shape index (κ1) is 19.8. The van der Waals surface area contributed by atoms with Crippen molar-refractivity contribution in [3.8, 4) is 5.75 Å². The number of aryl methyl sites for hydroxylation is 1. The van der Waals surface area contributed by atoms with Crippen LogP contribution in [0.2, 0.25) is 0 Å². The van der Waals surface area contributed by atoms with Gasteiger partial charge in [0, 0.05) is 6.04 Å². The highest BCUT2D eigenvalue weighted by Gasteiger charge is 2.23. The summed E-state index contributed by atoms with van der Waals surface area (Å²) >= 11 is 0. The molecule has 0 radical (unpaired) electrons. The van der Waals surface area contributed by atoms with Gasteiger partial charge < -0.3 is 14.8 Å². The normalized spacial score (nSPS) is 19.3. The van der Waals surface area contributed by atoms with Crippen molar-refractivity contribution in [2.45, 2.75) is 45.6 Å². The van der Waals surface area contributed by atoms with E-state index in [0.29, 0.717) is 11.7 Å². The van der Waals surface area contributed by atoms with Crippen LogP contribution >= 0.6 is 0 Å². The fraction of sp³-hybridized carbons (Fsp3) is 0.526. The van der Waals surface area contributed by atoms with E-state index in [9.17, 15) is 14.4 Å². The lowest BCUT2D eigenvalue weighted by Gasteiger charge is -2.29. The second kappa shape index (κ2) is 9.79. The van der Waals surface area contributed by atoms with Crippen molar-refractivity contribution in [3.63, 3.8) is 0 Å². The molecular formula is C19H26N2O5. The van der Waals surface area contributed by atoms with Crippen LogP contribution in [0, 0.1) is 12.8 Å². The maximum Gasteiger partial charge on any atom is 0.344 e. The fourth-order valence-electron chi connectivity index (χ4n) is 2.94. The van der Waals surface area contributed by atoms with Gasteiger partial charge in [-0.2, -0.15) is 0 Å². The second-order valence-corrected chi connectivity index (χ2v) is 6.60. The third-order valence-corrected chi connectivity index (χ3v) is 4.48. The van der Waals surface area contributed by atoms with E-state index in [0.717, 1.165) is 24.8 Å². The number of amides is 3. The zero-order valence-electron chi connectivity index (χ0n) is 15.2. The Bertz CT molecular complexity index is 647. The molecular weight excluding hydrogens is 336 g/mol. The Labute approximate surface area is 153 Å². The molecule has 3 amide bonds. The highest BCUT2D eigenvalue weighted by atomic mass is 16.6. The lowest BCUT2D eigenvalue weighted by Crippen LogP contribution is -2.48. The molecule has 142 valence electrons. The monoisotopic (exact) mass is 362 g/mol. The first-order chi connectivity index (χ1) is 12.5. The summed E-state index contributed by atoms with van der Waals surface area (Å²) in [5.41, 5.74) is 0.895. The topological polar surface area (TPSA) is 93.7 Å². The molecule has 2 atom stereocenters. The van der Waals surface area contributed by atoms with Gasteiger partial charge >= 0.3 is 12.0 Å². The number of ether oxygens (including phenoxy) is 2. The van der Waals surface area contributed by atoms with E-state index in [-0.39, 0.29) is 12.6 Å². The number of para-hydroxylation sites is 1. The van der Waals surface area contributed by atoms with Crippen LogP contribution in [0.25, 0.3) is 0 Å². The van der Waals surface area contributed by atoms with Crippen LogP contribution in [0.3, 0.4) is 0 Å². The Hall–Kier alpha value is -2.57. The molecule has 1 fully saturated rings. The molecule has 0 bridgehead atoms. The van der Waals surface area contributed by atoms with Crippen LogP contribution in [0.4, 0.5) is 4.79 Å². The van der Waals surface area contributed by atoms with E-state index in [4.69, 9.17) is 9.47 Å². The number of hydrogen-bond donors (Lipinski definition) is 2. The maximum atomic E-state index is 11.9. The predicted molar refractivity (Wildman–Crippen MR) is 95.7 cm³/mol. The quantitative estimate of drug-likeness (QED) is 0.758. The van der Waals surface area contributed by atoms with Gasteiger partial charge in [-0.05, 0) is 37.3 Å². The Morgan fingerprint density at radius 2 is 1.85 bits per heavy atom. The Balaban J connectivity index is 1.65. The molecule has 0 spiro atoms. The number of imide groups is 1. The number of carbonyl (C=O) groups excluding carboxylic acids is 3. The molecule has 7 heteroatoms. The molecule has 0 heterocycles. The van der Waals surface area contributed by atoms with E-state index in [1.165, 1.54) is 6.42 Å². The summed E-state index contributed by atoms with van der Waals surface area (Å²) in [6.45, 7) is 3.12. The number of benzene rings is 1. The van der Waals surface area contributed by atoms with Gasteiger partial charge in [0.1, 0.15) is 5.75 Å². The van der Waals surface area contributed by atoms with Gasteiger partial charge in [0.25, 0.3) is 5.91 Å². The zero-order valence-corrected chi connectivity index (χ0v) is 15.2. The highest BCUT2D eigenvalue weighted by molar-refractivity contribution is 5.95. The van der Waals surface area contributed by atoms with Crippen molar-refractivity contribution < 1.29 is 23.9 Å². The average molecular weight is 362 g/mol. The minimum absolute atomic E-state index is 0.0709. The molecule has 2 unspecified atom stereocenters. The molecule has 2 N–H and O–H groups in total. The van der Waals surface area contributed by atoms with Crippen LogP contribution in [0.5, 0.6) is 5.75 Å². The summed E-state index contributed by atoms with van der Waals surface area (Å²) in [6, 6.07) is 6.78. The summed E-state index contributed by atoms with van der Waals surface area (Å²) in [6.07, 6.45) is 4.22. The van der Waals surface area contributed by atoms with E-state index in [1.807, 2.05) is 19.1 Å². The summed E-state index contributed by atoms with van der Waals surface area (Å²) in [5.74, 6) is -0.379. The standard InChI is InChI=1S/C19H26N2O5/c1-13-7-3-5-9-15(13)20-19(24)21-17(22)11-26-18(23)12-25-16-10-6-4-8-14(16)2/h4,6,8,10,13,15H,3,5,7,9,11-12H2,1-2H3,(H2,20,21,22,24). The Kier molecular flexibility index (Phi) is 7.44. The number of nitrogens with one attached hydrogen (secondary N) is 2. The van der Waals surface area contributed by atoms with Crippen LogP contribution in [-0.4, -0.2) is 37.2 Å². The van der Waals surface area contributed by atoms with E-state index in [2.05, 4.69) is 17.6 Å². The second-order valence-electron chi connectivity index (χ2n) is 6.60. The molecule has 0 saturated heterocycles. The zero-order chi connectivity index (χ0) is 18.9. The number of hydrogen-bond acceptors (Lipinski definition) is 5. The van der Waals surface area contributed by atoms with Gasteiger partial charge in [-0.25, -0.2) is 9.59 Å². The van der Waals surface area contributed by atoms with Gasteiger partial charge in [-0.3, -0.25) is 10.1 Å². The highest BCUT2D eigenvalue weighted by Crippen LogP contribution is 2.23. The van der Waals surface area contributed by atoms with Crippen LogP contribution < -0.4 is 15.4 Å². The molecule has 1 aromatic rings. The summed E-state index contributed by atoms with van der Waals surface area (Å²) in [7, 11) is 0. The van der Waals surface area contributed by atoms with Gasteiger partial charge in [0.2, 0.25) is 0 Å². The van der Waals surface area contributed by atoms with Crippen molar-refractivity contribution in [1.29, 1.82) is 0 Å². The van der Waals surface area contributed by atoms with E-state index in [1.54, 1.807) is 12.1 Å². The molecule has 1 aliphatic carbocycles. The molecule has 2 rings (SSSR count).